The molecule has 0 aliphatic rings. The standard InChI is InChI=1S/C22H17F2N3O3S2/c23-15-4-7-18(8-5-15)32(29,30)12-10-21(28)27(14-17-3-1-2-11-25-17)22-26-19-9-6-16(24)13-20(19)31-22/h1-9,11,13H,10,12,14H2. The minimum absolute atomic E-state index is 0.0570. The normalized spacial score (nSPS) is 11.6. The molecule has 2 aromatic carbocycles. The van der Waals surface area contributed by atoms with Crippen LogP contribution in [0, 0.1) is 11.6 Å². The molecule has 0 spiro atoms. The Morgan fingerprint density at radius 2 is 1.75 bits per heavy atom. The maximum absolute atomic E-state index is 13.6. The van der Waals surface area contributed by atoms with Crippen molar-refractivity contribution in [1.29, 1.82) is 0 Å². The van der Waals surface area contributed by atoms with E-state index in [2.05, 4.69) is 9.97 Å². The number of halogens is 2. The second-order valence-electron chi connectivity index (χ2n) is 6.93. The van der Waals surface area contributed by atoms with Crippen molar-refractivity contribution in [2.45, 2.75) is 17.9 Å². The van der Waals surface area contributed by atoms with Gasteiger partial charge in [0.1, 0.15) is 11.6 Å². The van der Waals surface area contributed by atoms with Crippen molar-refractivity contribution in [2.75, 3.05) is 10.7 Å². The molecule has 0 saturated heterocycles. The van der Waals surface area contributed by atoms with E-state index in [1.165, 1.54) is 35.2 Å². The molecule has 2 aromatic heterocycles. The van der Waals surface area contributed by atoms with Gasteiger partial charge in [0.15, 0.2) is 15.0 Å². The van der Waals surface area contributed by atoms with Crippen LogP contribution in [-0.4, -0.2) is 30.0 Å². The van der Waals surface area contributed by atoms with E-state index >= 15 is 0 Å². The summed E-state index contributed by atoms with van der Waals surface area (Å²) in [5.74, 6) is -1.88. The zero-order chi connectivity index (χ0) is 22.7. The van der Waals surface area contributed by atoms with Crippen molar-refractivity contribution in [1.82, 2.24) is 9.97 Å². The van der Waals surface area contributed by atoms with Crippen LogP contribution in [-0.2, 0) is 21.2 Å². The SMILES string of the molecule is O=C(CCS(=O)(=O)c1ccc(F)cc1)N(Cc1ccccn1)c1nc2ccc(F)cc2s1. The largest absolute Gasteiger partial charge is 0.282 e. The summed E-state index contributed by atoms with van der Waals surface area (Å²) >= 11 is 1.13. The Bertz CT molecular complexity index is 1360. The lowest BCUT2D eigenvalue weighted by molar-refractivity contribution is -0.118. The number of carbonyl (C=O) groups is 1. The highest BCUT2D eigenvalue weighted by Gasteiger charge is 2.24. The number of hydrogen-bond acceptors (Lipinski definition) is 6. The summed E-state index contributed by atoms with van der Waals surface area (Å²) in [5.41, 5.74) is 1.12. The maximum atomic E-state index is 13.6. The van der Waals surface area contributed by atoms with Gasteiger partial charge in [0.2, 0.25) is 5.91 Å². The highest BCUT2D eigenvalue weighted by atomic mass is 32.2. The topological polar surface area (TPSA) is 80.2 Å². The summed E-state index contributed by atoms with van der Waals surface area (Å²) in [6, 6.07) is 13.8. The number of anilines is 1. The maximum Gasteiger partial charge on any atom is 0.230 e. The molecule has 4 rings (SSSR count). The first-order chi connectivity index (χ1) is 15.3. The van der Waals surface area contributed by atoms with Crippen LogP contribution >= 0.6 is 11.3 Å². The number of amides is 1. The van der Waals surface area contributed by atoms with Crippen LogP contribution in [0.5, 0.6) is 0 Å². The smallest absolute Gasteiger partial charge is 0.230 e. The third-order valence-corrected chi connectivity index (χ3v) is 7.45. The number of thiazole rings is 1. The van der Waals surface area contributed by atoms with Crippen molar-refractivity contribution in [3.63, 3.8) is 0 Å². The van der Waals surface area contributed by atoms with E-state index in [0.29, 0.717) is 21.0 Å². The fraction of sp³-hybridized carbons (Fsp3) is 0.136. The number of benzene rings is 2. The molecular weight excluding hydrogens is 456 g/mol. The summed E-state index contributed by atoms with van der Waals surface area (Å²) < 4.78 is 52.4. The van der Waals surface area contributed by atoms with Crippen molar-refractivity contribution < 1.29 is 22.0 Å². The number of hydrogen-bond donors (Lipinski definition) is 0. The average Bonchev–Trinajstić information content (AvgIpc) is 3.19. The molecule has 0 bridgehead atoms. The molecule has 0 N–H and O–H groups in total. The fourth-order valence-electron chi connectivity index (χ4n) is 3.03. The highest BCUT2D eigenvalue weighted by molar-refractivity contribution is 7.91. The van der Waals surface area contributed by atoms with Gasteiger partial charge >= 0.3 is 0 Å². The molecule has 1 amide bonds. The summed E-state index contributed by atoms with van der Waals surface area (Å²) in [6.07, 6.45) is 1.28. The van der Waals surface area contributed by atoms with Gasteiger partial charge in [-0.15, -0.1) is 0 Å². The van der Waals surface area contributed by atoms with E-state index in [-0.39, 0.29) is 17.9 Å². The number of aromatic nitrogens is 2. The second kappa shape index (κ2) is 9.09. The van der Waals surface area contributed by atoms with Crippen LogP contribution in [0.3, 0.4) is 0 Å². The fourth-order valence-corrected chi connectivity index (χ4v) is 5.27. The molecule has 10 heteroatoms. The minimum atomic E-state index is -3.79. The Morgan fingerprint density at radius 3 is 2.47 bits per heavy atom. The molecule has 0 atom stereocenters. The van der Waals surface area contributed by atoms with Crippen LogP contribution in [0.15, 0.2) is 71.8 Å². The molecule has 0 fully saturated rings. The van der Waals surface area contributed by atoms with Gasteiger partial charge in [0.05, 0.1) is 33.1 Å². The van der Waals surface area contributed by atoms with E-state index in [1.54, 1.807) is 24.4 Å². The molecule has 0 radical (unpaired) electrons. The van der Waals surface area contributed by atoms with Crippen molar-refractivity contribution >= 4 is 42.4 Å². The first kappa shape index (κ1) is 22.0. The van der Waals surface area contributed by atoms with Gasteiger partial charge < -0.3 is 0 Å². The van der Waals surface area contributed by atoms with Gasteiger partial charge in [0.25, 0.3) is 0 Å². The molecular formula is C22H17F2N3O3S2. The average molecular weight is 474 g/mol. The lowest BCUT2D eigenvalue weighted by Crippen LogP contribution is -2.32. The Labute approximate surface area is 187 Å². The number of nitrogens with zero attached hydrogens (tertiary/aromatic N) is 3. The summed E-state index contributed by atoms with van der Waals surface area (Å²) in [5, 5.41) is 0.320. The van der Waals surface area contributed by atoms with Crippen LogP contribution in [0.2, 0.25) is 0 Å². The Hall–Kier alpha value is -3.24. The van der Waals surface area contributed by atoms with E-state index in [1.807, 2.05) is 0 Å². The summed E-state index contributed by atoms with van der Waals surface area (Å²) in [6.45, 7) is 0.0819. The van der Waals surface area contributed by atoms with Gasteiger partial charge in [-0.2, -0.15) is 0 Å². The van der Waals surface area contributed by atoms with Crippen LogP contribution in [0.4, 0.5) is 13.9 Å². The number of fused-ring (bicyclic) bond motifs is 1. The third-order valence-electron chi connectivity index (χ3n) is 4.67. The lowest BCUT2D eigenvalue weighted by atomic mass is 10.3. The zero-order valence-electron chi connectivity index (χ0n) is 16.6. The first-order valence-corrected chi connectivity index (χ1v) is 12.0. The highest BCUT2D eigenvalue weighted by Crippen LogP contribution is 2.30. The first-order valence-electron chi connectivity index (χ1n) is 9.56. The number of carbonyl (C=O) groups excluding carboxylic acids is 1. The molecule has 0 saturated carbocycles. The van der Waals surface area contributed by atoms with Gasteiger partial charge in [-0.25, -0.2) is 22.2 Å². The predicted octanol–water partition coefficient (Wildman–Crippen LogP) is 4.37. The van der Waals surface area contributed by atoms with Crippen molar-refractivity contribution in [3.05, 3.63) is 84.2 Å². The molecule has 0 unspecified atom stereocenters. The number of pyridine rings is 1. The number of sulfone groups is 1. The van der Waals surface area contributed by atoms with E-state index < -0.39 is 33.1 Å². The minimum Gasteiger partial charge on any atom is -0.282 e. The molecule has 32 heavy (non-hydrogen) atoms. The third kappa shape index (κ3) is 4.97. The van der Waals surface area contributed by atoms with E-state index in [4.69, 9.17) is 0 Å². The predicted molar refractivity (Wildman–Crippen MR) is 118 cm³/mol. The molecule has 6 nitrogen and oxygen atoms in total. The van der Waals surface area contributed by atoms with E-state index in [0.717, 1.165) is 23.5 Å². The van der Waals surface area contributed by atoms with E-state index in [9.17, 15) is 22.0 Å². The van der Waals surface area contributed by atoms with Gasteiger partial charge in [-0.3, -0.25) is 14.7 Å². The Kier molecular flexibility index (Phi) is 6.24. The second-order valence-corrected chi connectivity index (χ2v) is 10.1. The Morgan fingerprint density at radius 1 is 1.00 bits per heavy atom. The number of rotatable bonds is 7. The van der Waals surface area contributed by atoms with Gasteiger partial charge in [-0.1, -0.05) is 17.4 Å². The van der Waals surface area contributed by atoms with Gasteiger partial charge in [0, 0.05) is 12.6 Å². The molecule has 0 aliphatic carbocycles. The summed E-state index contributed by atoms with van der Waals surface area (Å²) in [7, 11) is -3.79. The quantitative estimate of drug-likeness (QED) is 0.373. The van der Waals surface area contributed by atoms with Crippen molar-refractivity contribution in [2.24, 2.45) is 0 Å². The van der Waals surface area contributed by atoms with Crippen LogP contribution in [0.25, 0.3) is 10.2 Å². The molecule has 2 heterocycles. The van der Waals surface area contributed by atoms with Crippen LogP contribution in [0.1, 0.15) is 12.1 Å². The molecule has 0 aliphatic heterocycles. The summed E-state index contributed by atoms with van der Waals surface area (Å²) in [4.78, 5) is 23.0. The molecule has 4 aromatic rings. The van der Waals surface area contributed by atoms with Crippen molar-refractivity contribution in [3.8, 4) is 0 Å². The monoisotopic (exact) mass is 473 g/mol. The molecule has 164 valence electrons. The zero-order valence-corrected chi connectivity index (χ0v) is 18.2. The Balaban J connectivity index is 1.60. The lowest BCUT2D eigenvalue weighted by Gasteiger charge is -2.19. The van der Waals surface area contributed by atoms with Crippen LogP contribution < -0.4 is 4.90 Å². The van der Waals surface area contributed by atoms with Gasteiger partial charge in [-0.05, 0) is 54.6 Å².